The van der Waals surface area contributed by atoms with Crippen LogP contribution in [0.25, 0.3) is 6.08 Å². The van der Waals surface area contributed by atoms with Crippen LogP contribution in [0.15, 0.2) is 30.3 Å². The van der Waals surface area contributed by atoms with E-state index in [-0.39, 0.29) is 32.0 Å². The van der Waals surface area contributed by atoms with Crippen molar-refractivity contribution < 1.29 is 29.4 Å². The molecule has 0 saturated carbocycles. The lowest BCUT2D eigenvalue weighted by Gasteiger charge is -2.26. The molecule has 0 aliphatic carbocycles. The predicted molar refractivity (Wildman–Crippen MR) is 97.1 cm³/mol. The summed E-state index contributed by atoms with van der Waals surface area (Å²) in [6, 6.07) is 5.50. The van der Waals surface area contributed by atoms with E-state index in [2.05, 4.69) is 0 Å². The van der Waals surface area contributed by atoms with Crippen LogP contribution in [-0.2, 0) is 19.2 Å². The van der Waals surface area contributed by atoms with Crippen LogP contribution in [-0.4, -0.2) is 69.4 Å². The molecule has 1 fully saturated rings. The molecule has 1 unspecified atom stereocenters. The number of amides is 2. The lowest BCUT2D eigenvalue weighted by molar-refractivity contribution is -0.154. The molecule has 1 atom stereocenters. The van der Waals surface area contributed by atoms with Gasteiger partial charge >= 0.3 is 11.9 Å². The van der Waals surface area contributed by atoms with Gasteiger partial charge in [0.1, 0.15) is 6.04 Å². The number of carboxylic acids is 2. The fourth-order valence-electron chi connectivity index (χ4n) is 2.77. The largest absolute Gasteiger partial charge is 0.481 e. The number of aliphatic carboxylic acids is 2. The zero-order valence-electron chi connectivity index (χ0n) is 14.4. The summed E-state index contributed by atoms with van der Waals surface area (Å²) < 4.78 is 0. The van der Waals surface area contributed by atoms with Crippen molar-refractivity contribution in [3.05, 3.63) is 40.9 Å². The molecular formula is C18H19ClN2O6. The topological polar surface area (TPSA) is 115 Å². The molecule has 9 heteroatoms. The highest BCUT2D eigenvalue weighted by Gasteiger charge is 2.34. The summed E-state index contributed by atoms with van der Waals surface area (Å²) in [5.41, 5.74) is 0.746. The van der Waals surface area contributed by atoms with E-state index in [9.17, 15) is 24.3 Å². The van der Waals surface area contributed by atoms with Crippen molar-refractivity contribution in [2.75, 3.05) is 19.6 Å². The van der Waals surface area contributed by atoms with Gasteiger partial charge in [0.25, 0.3) is 0 Å². The molecular weight excluding hydrogens is 376 g/mol. The molecule has 2 amide bonds. The third-order valence-corrected chi connectivity index (χ3v) is 4.37. The SMILES string of the molecule is O=C(O)CC(C(=O)O)N1CCN(C(=O)/C=C/c2cccc(Cl)c2)CCC1=O. The van der Waals surface area contributed by atoms with E-state index in [0.717, 1.165) is 10.5 Å². The number of halogens is 1. The highest BCUT2D eigenvalue weighted by atomic mass is 35.5. The number of rotatable bonds is 6. The maximum atomic E-state index is 12.4. The summed E-state index contributed by atoms with van der Waals surface area (Å²) in [6.45, 7) is 0.209. The Kier molecular flexibility index (Phi) is 6.95. The van der Waals surface area contributed by atoms with E-state index < -0.39 is 30.3 Å². The van der Waals surface area contributed by atoms with Crippen LogP contribution in [0.4, 0.5) is 0 Å². The van der Waals surface area contributed by atoms with Crippen molar-refractivity contribution in [2.45, 2.75) is 18.9 Å². The molecule has 27 heavy (non-hydrogen) atoms. The van der Waals surface area contributed by atoms with Gasteiger partial charge in [0.15, 0.2) is 0 Å². The summed E-state index contributed by atoms with van der Waals surface area (Å²) in [5, 5.41) is 18.6. The van der Waals surface area contributed by atoms with Crippen LogP contribution in [0.3, 0.4) is 0 Å². The van der Waals surface area contributed by atoms with Crippen molar-refractivity contribution in [3.63, 3.8) is 0 Å². The maximum absolute atomic E-state index is 12.4. The first kappa shape index (κ1) is 20.4. The summed E-state index contributed by atoms with van der Waals surface area (Å²) >= 11 is 5.89. The van der Waals surface area contributed by atoms with Crippen LogP contribution >= 0.6 is 11.6 Å². The average molecular weight is 395 g/mol. The van der Waals surface area contributed by atoms with Crippen LogP contribution < -0.4 is 0 Å². The Morgan fingerprint density at radius 2 is 1.93 bits per heavy atom. The van der Waals surface area contributed by atoms with Gasteiger partial charge in [-0.3, -0.25) is 14.4 Å². The molecule has 8 nitrogen and oxygen atoms in total. The Bertz CT molecular complexity index is 779. The van der Waals surface area contributed by atoms with Gasteiger partial charge in [-0.2, -0.15) is 0 Å². The molecule has 1 heterocycles. The minimum atomic E-state index is -1.45. The summed E-state index contributed by atoms with van der Waals surface area (Å²) in [7, 11) is 0. The molecule has 1 aliphatic heterocycles. The third-order valence-electron chi connectivity index (χ3n) is 4.13. The smallest absolute Gasteiger partial charge is 0.327 e. The minimum Gasteiger partial charge on any atom is -0.481 e. The summed E-state index contributed by atoms with van der Waals surface area (Å²) in [6.07, 6.45) is 2.20. The molecule has 1 aliphatic rings. The standard InChI is InChI=1S/C18H19ClN2O6/c19-13-3-1-2-12(10-13)4-5-15(22)20-7-6-16(23)21(9-8-20)14(18(26)27)11-17(24)25/h1-5,10,14H,6-9,11H2,(H,24,25)(H,26,27)/b5-4+. The number of carboxylic acid groups (broad SMARTS) is 2. The lowest BCUT2D eigenvalue weighted by Crippen LogP contribution is -2.47. The van der Waals surface area contributed by atoms with Crippen molar-refractivity contribution in [2.24, 2.45) is 0 Å². The fourth-order valence-corrected chi connectivity index (χ4v) is 2.97. The second kappa shape index (κ2) is 9.18. The van der Waals surface area contributed by atoms with E-state index >= 15 is 0 Å². The number of carbonyl (C=O) groups excluding carboxylic acids is 2. The van der Waals surface area contributed by atoms with E-state index in [4.69, 9.17) is 16.7 Å². The Labute approximate surface area is 160 Å². The first-order valence-corrected chi connectivity index (χ1v) is 8.62. The second-order valence-corrected chi connectivity index (χ2v) is 6.44. The third kappa shape index (κ3) is 5.82. The Morgan fingerprint density at radius 3 is 2.56 bits per heavy atom. The molecule has 2 N–H and O–H groups in total. The molecule has 0 radical (unpaired) electrons. The monoisotopic (exact) mass is 394 g/mol. The first-order valence-electron chi connectivity index (χ1n) is 8.24. The molecule has 0 aromatic heterocycles. The Morgan fingerprint density at radius 1 is 1.19 bits per heavy atom. The van der Waals surface area contributed by atoms with Gasteiger partial charge in [0.2, 0.25) is 11.8 Å². The van der Waals surface area contributed by atoms with Gasteiger partial charge in [-0.15, -0.1) is 0 Å². The number of nitrogens with zero attached hydrogens (tertiary/aromatic N) is 2. The van der Waals surface area contributed by atoms with Crippen molar-refractivity contribution in [3.8, 4) is 0 Å². The molecule has 1 aromatic carbocycles. The van der Waals surface area contributed by atoms with Gasteiger partial charge in [0.05, 0.1) is 6.42 Å². The quantitative estimate of drug-likeness (QED) is 0.703. The summed E-state index contributed by atoms with van der Waals surface area (Å²) in [4.78, 5) is 49.3. The van der Waals surface area contributed by atoms with Gasteiger partial charge < -0.3 is 20.0 Å². The number of carbonyl (C=O) groups is 4. The van der Waals surface area contributed by atoms with Crippen molar-refractivity contribution in [1.29, 1.82) is 0 Å². The first-order chi connectivity index (χ1) is 12.8. The van der Waals surface area contributed by atoms with Crippen LogP contribution in [0.2, 0.25) is 5.02 Å². The van der Waals surface area contributed by atoms with Gasteiger partial charge in [-0.1, -0.05) is 23.7 Å². The molecule has 2 rings (SSSR count). The van der Waals surface area contributed by atoms with Gasteiger partial charge in [0, 0.05) is 37.2 Å². The van der Waals surface area contributed by atoms with Crippen molar-refractivity contribution >= 4 is 41.4 Å². The Hall–Kier alpha value is -2.87. The van der Waals surface area contributed by atoms with Crippen LogP contribution in [0.5, 0.6) is 0 Å². The van der Waals surface area contributed by atoms with E-state index in [1.165, 1.54) is 11.0 Å². The fraction of sp³-hybridized carbons (Fsp3) is 0.333. The highest BCUT2D eigenvalue weighted by Crippen LogP contribution is 2.14. The van der Waals surface area contributed by atoms with Gasteiger partial charge in [-0.25, -0.2) is 4.79 Å². The predicted octanol–water partition coefficient (Wildman–Crippen LogP) is 1.34. The van der Waals surface area contributed by atoms with Crippen LogP contribution in [0, 0.1) is 0 Å². The average Bonchev–Trinajstić information content (AvgIpc) is 2.79. The lowest BCUT2D eigenvalue weighted by atomic mass is 10.1. The summed E-state index contributed by atoms with van der Waals surface area (Å²) in [5.74, 6) is -3.50. The Balaban J connectivity index is 2.05. The van der Waals surface area contributed by atoms with Crippen LogP contribution in [0.1, 0.15) is 18.4 Å². The zero-order valence-corrected chi connectivity index (χ0v) is 15.1. The minimum absolute atomic E-state index is 0.0418. The van der Waals surface area contributed by atoms with Crippen molar-refractivity contribution in [1.82, 2.24) is 9.80 Å². The molecule has 144 valence electrons. The van der Waals surface area contributed by atoms with E-state index in [1.54, 1.807) is 30.3 Å². The number of benzene rings is 1. The van der Waals surface area contributed by atoms with Gasteiger partial charge in [-0.05, 0) is 23.8 Å². The molecule has 0 spiro atoms. The second-order valence-electron chi connectivity index (χ2n) is 6.00. The van der Waals surface area contributed by atoms with E-state index in [1.807, 2.05) is 0 Å². The highest BCUT2D eigenvalue weighted by molar-refractivity contribution is 6.30. The normalized spacial score (nSPS) is 16.3. The van der Waals surface area contributed by atoms with E-state index in [0.29, 0.717) is 5.02 Å². The maximum Gasteiger partial charge on any atom is 0.327 e. The molecule has 1 aromatic rings. The number of hydrogen-bond donors (Lipinski definition) is 2. The zero-order chi connectivity index (χ0) is 20.0. The molecule has 1 saturated heterocycles. The number of hydrogen-bond acceptors (Lipinski definition) is 4. The molecule has 0 bridgehead atoms.